The molecule has 26 heavy (non-hydrogen) atoms. The Bertz CT molecular complexity index is 972. The molecular weight excluding hydrogens is 417 g/mol. The molecule has 0 radical (unpaired) electrons. The van der Waals surface area contributed by atoms with Crippen molar-refractivity contribution in [2.24, 2.45) is 0 Å². The minimum absolute atomic E-state index is 0.0437. The van der Waals surface area contributed by atoms with Crippen LogP contribution < -0.4 is 10.6 Å². The summed E-state index contributed by atoms with van der Waals surface area (Å²) in [5.41, 5.74) is 1.46. The average molecular weight is 429 g/mol. The van der Waals surface area contributed by atoms with Gasteiger partial charge in [0.15, 0.2) is 5.65 Å². The van der Waals surface area contributed by atoms with E-state index in [4.69, 9.17) is 0 Å². The largest absolute Gasteiger partial charge is 0.453 e. The Morgan fingerprint density at radius 2 is 2.00 bits per heavy atom. The molecule has 3 aromatic rings. The number of halogens is 4. The molecule has 3 rings (SSSR count). The first-order valence-corrected chi connectivity index (χ1v) is 8.13. The monoisotopic (exact) mass is 428 g/mol. The highest BCUT2D eigenvalue weighted by Gasteiger charge is 2.37. The van der Waals surface area contributed by atoms with E-state index >= 15 is 0 Å². The number of carbonyl (C=O) groups is 1. The fourth-order valence-electron chi connectivity index (χ4n) is 2.19. The molecule has 2 aromatic heterocycles. The Labute approximate surface area is 153 Å². The van der Waals surface area contributed by atoms with Crippen molar-refractivity contribution < 1.29 is 18.0 Å². The minimum atomic E-state index is -4.68. The van der Waals surface area contributed by atoms with Crippen LogP contribution in [0.3, 0.4) is 0 Å². The van der Waals surface area contributed by atoms with E-state index in [2.05, 4.69) is 41.9 Å². The fraction of sp³-hybridized carbons (Fsp3) is 0.200. The number of rotatable bonds is 4. The van der Waals surface area contributed by atoms with Gasteiger partial charge >= 0.3 is 6.18 Å². The molecule has 2 N–H and O–H groups in total. The number of hydrogen-bond donors (Lipinski definition) is 2. The molecule has 0 saturated carbocycles. The molecular formula is C15H12BrF3N6O. The SMILES string of the molecule is Cc1cc(Br)ccc1NC(=O)CNc1ccc2nnc(C(F)(F)F)n2n1. The van der Waals surface area contributed by atoms with Gasteiger partial charge in [0.1, 0.15) is 5.82 Å². The van der Waals surface area contributed by atoms with Crippen molar-refractivity contribution >= 4 is 39.0 Å². The number of fused-ring (bicyclic) bond motifs is 1. The first-order chi connectivity index (χ1) is 12.2. The smallest absolute Gasteiger partial charge is 0.360 e. The molecule has 1 amide bonds. The van der Waals surface area contributed by atoms with Gasteiger partial charge < -0.3 is 10.6 Å². The van der Waals surface area contributed by atoms with E-state index in [-0.39, 0.29) is 23.9 Å². The first kappa shape index (κ1) is 18.1. The Morgan fingerprint density at radius 1 is 1.23 bits per heavy atom. The number of hydrogen-bond acceptors (Lipinski definition) is 5. The number of alkyl halides is 3. The molecule has 0 spiro atoms. The van der Waals surface area contributed by atoms with Gasteiger partial charge in [0.05, 0.1) is 6.54 Å². The van der Waals surface area contributed by atoms with Crippen LogP contribution in [0, 0.1) is 6.92 Å². The van der Waals surface area contributed by atoms with Crippen LogP contribution in [0.25, 0.3) is 5.65 Å². The highest BCUT2D eigenvalue weighted by Crippen LogP contribution is 2.27. The lowest BCUT2D eigenvalue weighted by Gasteiger charge is -2.10. The summed E-state index contributed by atoms with van der Waals surface area (Å²) in [5, 5.41) is 15.7. The molecule has 0 unspecified atom stereocenters. The predicted octanol–water partition coefficient (Wildman–Crippen LogP) is 3.26. The van der Waals surface area contributed by atoms with Gasteiger partial charge in [0, 0.05) is 10.2 Å². The summed E-state index contributed by atoms with van der Waals surface area (Å²) in [6, 6.07) is 8.13. The van der Waals surface area contributed by atoms with E-state index < -0.39 is 12.0 Å². The second kappa shape index (κ2) is 6.90. The molecule has 0 aliphatic carbocycles. The van der Waals surface area contributed by atoms with Crippen LogP contribution in [0.4, 0.5) is 24.7 Å². The Balaban J connectivity index is 1.70. The predicted molar refractivity (Wildman–Crippen MR) is 91.8 cm³/mol. The number of aromatic nitrogens is 4. The number of benzene rings is 1. The third-order valence-corrected chi connectivity index (χ3v) is 3.90. The maximum absolute atomic E-state index is 12.9. The van der Waals surface area contributed by atoms with Crippen LogP contribution in [-0.4, -0.2) is 32.3 Å². The summed E-state index contributed by atoms with van der Waals surface area (Å²) >= 11 is 3.33. The molecule has 2 heterocycles. The second-order valence-corrected chi connectivity index (χ2v) is 6.29. The Morgan fingerprint density at radius 3 is 2.69 bits per heavy atom. The summed E-state index contributed by atoms with van der Waals surface area (Å²) in [6.45, 7) is 1.67. The standard InChI is InChI=1S/C15H12BrF3N6O/c1-8-6-9(16)2-3-10(8)21-13(26)7-20-11-4-5-12-22-23-14(15(17,18)19)25(12)24-11/h2-6H,7H2,1H3,(H,20,24)(H,21,26). The van der Waals surface area contributed by atoms with Crippen molar-refractivity contribution in [1.82, 2.24) is 19.8 Å². The first-order valence-electron chi connectivity index (χ1n) is 7.33. The zero-order chi connectivity index (χ0) is 18.9. The van der Waals surface area contributed by atoms with Gasteiger partial charge in [-0.15, -0.1) is 15.3 Å². The van der Waals surface area contributed by atoms with Crippen LogP contribution in [0.1, 0.15) is 11.4 Å². The van der Waals surface area contributed by atoms with Crippen molar-refractivity contribution in [3.8, 4) is 0 Å². The average Bonchev–Trinajstić information content (AvgIpc) is 2.99. The van der Waals surface area contributed by atoms with Gasteiger partial charge in [-0.05, 0) is 42.8 Å². The van der Waals surface area contributed by atoms with Gasteiger partial charge in [0.2, 0.25) is 5.91 Å². The van der Waals surface area contributed by atoms with E-state index in [0.717, 1.165) is 10.0 Å². The molecule has 1 aromatic carbocycles. The third kappa shape index (κ3) is 3.93. The molecule has 0 saturated heterocycles. The van der Waals surface area contributed by atoms with Crippen molar-refractivity contribution in [1.29, 1.82) is 0 Å². The van der Waals surface area contributed by atoms with Gasteiger partial charge in [-0.2, -0.15) is 17.7 Å². The Hall–Kier alpha value is -2.69. The van der Waals surface area contributed by atoms with Crippen molar-refractivity contribution in [2.45, 2.75) is 13.1 Å². The van der Waals surface area contributed by atoms with Crippen molar-refractivity contribution in [3.63, 3.8) is 0 Å². The van der Waals surface area contributed by atoms with Gasteiger partial charge in [-0.25, -0.2) is 0 Å². The topological polar surface area (TPSA) is 84.2 Å². The van der Waals surface area contributed by atoms with E-state index in [1.807, 2.05) is 13.0 Å². The molecule has 0 aliphatic heterocycles. The van der Waals surface area contributed by atoms with Crippen LogP contribution in [0.2, 0.25) is 0 Å². The molecule has 0 fully saturated rings. The number of amides is 1. The second-order valence-electron chi connectivity index (χ2n) is 5.37. The number of anilines is 2. The molecule has 11 heteroatoms. The zero-order valence-corrected chi connectivity index (χ0v) is 14.9. The fourth-order valence-corrected chi connectivity index (χ4v) is 2.67. The number of nitrogens with zero attached hydrogens (tertiary/aromatic N) is 4. The van der Waals surface area contributed by atoms with Crippen molar-refractivity contribution in [2.75, 3.05) is 17.2 Å². The number of carbonyl (C=O) groups excluding carboxylic acids is 1. The molecule has 0 aliphatic rings. The molecule has 7 nitrogen and oxygen atoms in total. The zero-order valence-electron chi connectivity index (χ0n) is 13.3. The van der Waals surface area contributed by atoms with E-state index in [1.54, 1.807) is 12.1 Å². The minimum Gasteiger partial charge on any atom is -0.360 e. The summed E-state index contributed by atoms with van der Waals surface area (Å²) in [7, 11) is 0. The maximum atomic E-state index is 12.9. The normalized spacial score (nSPS) is 11.6. The lowest BCUT2D eigenvalue weighted by Crippen LogP contribution is -2.23. The summed E-state index contributed by atoms with van der Waals surface area (Å²) in [5.74, 6) is -1.51. The number of aryl methyl sites for hydroxylation is 1. The highest BCUT2D eigenvalue weighted by atomic mass is 79.9. The van der Waals surface area contributed by atoms with Gasteiger partial charge in [-0.1, -0.05) is 15.9 Å². The van der Waals surface area contributed by atoms with E-state index in [1.165, 1.54) is 12.1 Å². The van der Waals surface area contributed by atoms with Gasteiger partial charge in [0.25, 0.3) is 5.82 Å². The van der Waals surface area contributed by atoms with Crippen LogP contribution >= 0.6 is 15.9 Å². The van der Waals surface area contributed by atoms with Crippen LogP contribution in [-0.2, 0) is 11.0 Å². The van der Waals surface area contributed by atoms with Crippen molar-refractivity contribution in [3.05, 3.63) is 46.2 Å². The summed E-state index contributed by atoms with van der Waals surface area (Å²) in [4.78, 5) is 12.0. The maximum Gasteiger partial charge on any atom is 0.453 e. The van der Waals surface area contributed by atoms with E-state index in [9.17, 15) is 18.0 Å². The van der Waals surface area contributed by atoms with Crippen LogP contribution in [0.15, 0.2) is 34.8 Å². The van der Waals surface area contributed by atoms with E-state index in [0.29, 0.717) is 10.2 Å². The summed E-state index contributed by atoms with van der Waals surface area (Å²) in [6.07, 6.45) is -4.68. The van der Waals surface area contributed by atoms with Crippen LogP contribution in [0.5, 0.6) is 0 Å². The highest BCUT2D eigenvalue weighted by molar-refractivity contribution is 9.10. The number of nitrogens with one attached hydrogen (secondary N) is 2. The quantitative estimate of drug-likeness (QED) is 0.666. The molecule has 0 atom stereocenters. The lowest BCUT2D eigenvalue weighted by atomic mass is 10.2. The van der Waals surface area contributed by atoms with Gasteiger partial charge in [-0.3, -0.25) is 4.79 Å². The summed E-state index contributed by atoms with van der Waals surface area (Å²) < 4.78 is 40.0. The molecule has 0 bridgehead atoms. The Kier molecular flexibility index (Phi) is 4.81. The third-order valence-electron chi connectivity index (χ3n) is 3.41. The molecule has 136 valence electrons. The lowest BCUT2D eigenvalue weighted by molar-refractivity contribution is -0.146.